The van der Waals surface area contributed by atoms with Gasteiger partial charge in [0, 0.05) is 6.54 Å². The van der Waals surface area contributed by atoms with Crippen molar-refractivity contribution in [1.29, 1.82) is 0 Å². The van der Waals surface area contributed by atoms with Crippen molar-refractivity contribution in [3.05, 3.63) is 34.9 Å². The van der Waals surface area contributed by atoms with Crippen molar-refractivity contribution in [3.63, 3.8) is 0 Å². The lowest BCUT2D eigenvalue weighted by atomic mass is 9.89. The maximum Gasteiger partial charge on any atom is 0.315 e. The molecule has 18 heavy (non-hydrogen) atoms. The monoisotopic (exact) mass is 246 g/mol. The van der Waals surface area contributed by atoms with Crippen LogP contribution in [0.15, 0.2) is 18.2 Å². The topological polar surface area (TPSA) is 41.1 Å². The summed E-state index contributed by atoms with van der Waals surface area (Å²) in [6.07, 6.45) is 4.97. The van der Waals surface area contributed by atoms with Crippen molar-refractivity contribution in [1.82, 2.24) is 10.6 Å². The van der Waals surface area contributed by atoms with Gasteiger partial charge >= 0.3 is 6.03 Å². The number of carbonyl (C=O) groups is 1. The van der Waals surface area contributed by atoms with Crippen LogP contribution in [0.5, 0.6) is 0 Å². The summed E-state index contributed by atoms with van der Waals surface area (Å²) in [6.45, 7) is 4.60. The van der Waals surface area contributed by atoms with Crippen LogP contribution in [0.2, 0.25) is 0 Å². The molecule has 1 unspecified atom stereocenters. The van der Waals surface area contributed by atoms with Gasteiger partial charge in [0.05, 0.1) is 6.04 Å². The van der Waals surface area contributed by atoms with Crippen LogP contribution >= 0.6 is 0 Å². The number of aryl methyl sites for hydroxylation is 2. The van der Waals surface area contributed by atoms with E-state index in [4.69, 9.17) is 0 Å². The molecule has 1 aliphatic rings. The maximum atomic E-state index is 11.5. The second kappa shape index (κ2) is 5.89. The lowest BCUT2D eigenvalue weighted by molar-refractivity contribution is 0.238. The van der Waals surface area contributed by atoms with E-state index >= 15 is 0 Å². The molecule has 0 saturated carbocycles. The first kappa shape index (κ1) is 12.9. The molecule has 2 N–H and O–H groups in total. The highest BCUT2D eigenvalue weighted by Gasteiger charge is 2.13. The summed E-state index contributed by atoms with van der Waals surface area (Å²) in [6, 6.07) is 6.58. The fraction of sp³-hybridized carbons (Fsp3) is 0.533. The molecule has 1 aliphatic carbocycles. The summed E-state index contributed by atoms with van der Waals surface area (Å²) < 4.78 is 0. The van der Waals surface area contributed by atoms with E-state index in [-0.39, 0.29) is 12.1 Å². The highest BCUT2D eigenvalue weighted by molar-refractivity contribution is 5.74. The molecule has 1 aromatic rings. The number of hydrogen-bond donors (Lipinski definition) is 2. The van der Waals surface area contributed by atoms with E-state index in [2.05, 4.69) is 28.8 Å². The molecule has 1 atom stereocenters. The number of fused-ring (bicyclic) bond motifs is 1. The Labute approximate surface area is 109 Å². The summed E-state index contributed by atoms with van der Waals surface area (Å²) >= 11 is 0. The zero-order valence-electron chi connectivity index (χ0n) is 11.3. The lowest BCUT2D eigenvalue weighted by Gasteiger charge is -2.20. The predicted octanol–water partition coefficient (Wildman–Crippen LogP) is 2.95. The van der Waals surface area contributed by atoms with Crippen LogP contribution in [0.1, 0.15) is 49.4 Å². The van der Waals surface area contributed by atoms with Gasteiger partial charge in [-0.05, 0) is 56.2 Å². The number of urea groups is 1. The third kappa shape index (κ3) is 3.03. The number of nitrogens with one attached hydrogen (secondary N) is 2. The van der Waals surface area contributed by atoms with Gasteiger partial charge in [-0.25, -0.2) is 4.79 Å². The Balaban J connectivity index is 2.06. The van der Waals surface area contributed by atoms with Gasteiger partial charge in [0.25, 0.3) is 0 Å². The van der Waals surface area contributed by atoms with Crippen LogP contribution in [0.4, 0.5) is 4.79 Å². The minimum absolute atomic E-state index is 0.0591. The summed E-state index contributed by atoms with van der Waals surface area (Å²) in [5, 5.41) is 5.71. The van der Waals surface area contributed by atoms with E-state index in [1.54, 1.807) is 0 Å². The average Bonchev–Trinajstić information content (AvgIpc) is 2.38. The number of amides is 2. The van der Waals surface area contributed by atoms with E-state index in [0.29, 0.717) is 6.54 Å². The molecule has 0 bridgehead atoms. The van der Waals surface area contributed by atoms with Crippen LogP contribution in [0.25, 0.3) is 0 Å². The molecular formula is C15H22N2O. The standard InChI is InChI=1S/C15H22N2O/c1-3-16-15(18)17-11(2)13-9-8-12-6-4-5-7-14(12)10-13/h8-11H,3-7H2,1-2H3,(H2,16,17,18). The molecule has 3 nitrogen and oxygen atoms in total. The van der Waals surface area contributed by atoms with Crippen LogP contribution < -0.4 is 10.6 Å². The first-order valence-electron chi connectivity index (χ1n) is 6.86. The zero-order valence-corrected chi connectivity index (χ0v) is 11.3. The van der Waals surface area contributed by atoms with Crippen molar-refractivity contribution < 1.29 is 4.79 Å². The number of carbonyl (C=O) groups excluding carboxylic acids is 1. The maximum absolute atomic E-state index is 11.5. The Hall–Kier alpha value is -1.51. The van der Waals surface area contributed by atoms with E-state index in [1.807, 2.05) is 13.8 Å². The minimum atomic E-state index is -0.0947. The molecule has 0 heterocycles. The molecule has 0 radical (unpaired) electrons. The Morgan fingerprint density at radius 2 is 2.00 bits per heavy atom. The summed E-state index contributed by atoms with van der Waals surface area (Å²) in [5.74, 6) is 0. The highest BCUT2D eigenvalue weighted by Crippen LogP contribution is 2.24. The van der Waals surface area contributed by atoms with E-state index in [9.17, 15) is 4.79 Å². The third-order valence-corrected chi connectivity index (χ3v) is 3.56. The summed E-state index contributed by atoms with van der Waals surface area (Å²) in [7, 11) is 0. The van der Waals surface area contributed by atoms with Crippen LogP contribution in [-0.2, 0) is 12.8 Å². The molecule has 2 amide bonds. The summed E-state index contributed by atoms with van der Waals surface area (Å²) in [4.78, 5) is 11.5. The molecule has 98 valence electrons. The number of benzene rings is 1. The van der Waals surface area contributed by atoms with Crippen molar-refractivity contribution in [2.75, 3.05) is 6.54 Å². The van der Waals surface area contributed by atoms with Gasteiger partial charge in [-0.3, -0.25) is 0 Å². The van der Waals surface area contributed by atoms with Gasteiger partial charge < -0.3 is 10.6 Å². The second-order valence-corrected chi connectivity index (χ2v) is 4.96. The predicted molar refractivity (Wildman–Crippen MR) is 73.7 cm³/mol. The molecule has 0 saturated heterocycles. The largest absolute Gasteiger partial charge is 0.338 e. The Kier molecular flexibility index (Phi) is 4.24. The van der Waals surface area contributed by atoms with E-state index in [0.717, 1.165) is 0 Å². The van der Waals surface area contributed by atoms with Gasteiger partial charge in [-0.1, -0.05) is 18.2 Å². The molecular weight excluding hydrogens is 224 g/mol. The van der Waals surface area contributed by atoms with Crippen molar-refractivity contribution >= 4 is 6.03 Å². The Morgan fingerprint density at radius 1 is 1.28 bits per heavy atom. The number of rotatable bonds is 3. The molecule has 0 aliphatic heterocycles. The van der Waals surface area contributed by atoms with Crippen LogP contribution in [-0.4, -0.2) is 12.6 Å². The highest BCUT2D eigenvalue weighted by atomic mass is 16.2. The van der Waals surface area contributed by atoms with Gasteiger partial charge in [0.15, 0.2) is 0 Å². The quantitative estimate of drug-likeness (QED) is 0.846. The molecule has 0 fully saturated rings. The van der Waals surface area contributed by atoms with Crippen molar-refractivity contribution in [2.45, 2.75) is 45.6 Å². The fourth-order valence-corrected chi connectivity index (χ4v) is 2.51. The average molecular weight is 246 g/mol. The zero-order chi connectivity index (χ0) is 13.0. The lowest BCUT2D eigenvalue weighted by Crippen LogP contribution is -2.36. The Bertz CT molecular complexity index is 429. The molecule has 0 spiro atoms. The van der Waals surface area contributed by atoms with Gasteiger partial charge in [-0.2, -0.15) is 0 Å². The van der Waals surface area contributed by atoms with Crippen molar-refractivity contribution in [2.24, 2.45) is 0 Å². The molecule has 3 heteroatoms. The van der Waals surface area contributed by atoms with Gasteiger partial charge in [-0.15, -0.1) is 0 Å². The Morgan fingerprint density at radius 3 is 2.72 bits per heavy atom. The molecule has 0 aromatic heterocycles. The van der Waals surface area contributed by atoms with E-state index in [1.165, 1.54) is 42.4 Å². The second-order valence-electron chi connectivity index (χ2n) is 4.96. The van der Waals surface area contributed by atoms with Crippen LogP contribution in [0, 0.1) is 0 Å². The number of hydrogen-bond acceptors (Lipinski definition) is 1. The van der Waals surface area contributed by atoms with E-state index < -0.39 is 0 Å². The SMILES string of the molecule is CCNC(=O)NC(C)c1ccc2c(c1)CCCC2. The smallest absolute Gasteiger partial charge is 0.315 e. The van der Waals surface area contributed by atoms with Gasteiger partial charge in [0.1, 0.15) is 0 Å². The first-order chi connectivity index (χ1) is 8.70. The van der Waals surface area contributed by atoms with Gasteiger partial charge in [0.2, 0.25) is 0 Å². The first-order valence-corrected chi connectivity index (χ1v) is 6.86. The minimum Gasteiger partial charge on any atom is -0.338 e. The normalized spacial score (nSPS) is 15.7. The molecule has 1 aromatic carbocycles. The third-order valence-electron chi connectivity index (χ3n) is 3.56. The van der Waals surface area contributed by atoms with Crippen molar-refractivity contribution in [3.8, 4) is 0 Å². The summed E-state index contributed by atoms with van der Waals surface area (Å²) in [5.41, 5.74) is 4.14. The van der Waals surface area contributed by atoms with Crippen LogP contribution in [0.3, 0.4) is 0 Å². The fourth-order valence-electron chi connectivity index (χ4n) is 2.51. The molecule has 2 rings (SSSR count).